The van der Waals surface area contributed by atoms with Crippen LogP contribution in [0.15, 0.2) is 40.5 Å². The molecule has 3 rings (SSSR count). The average Bonchev–Trinajstić information content (AvgIpc) is 2.87. The molecule has 1 N–H and O–H groups in total. The number of fused-ring (bicyclic) bond motifs is 1. The third-order valence-corrected chi connectivity index (χ3v) is 4.62. The summed E-state index contributed by atoms with van der Waals surface area (Å²) in [5.41, 5.74) is 4.03. The minimum absolute atomic E-state index is 0.0179. The maximum atomic E-state index is 12.1. The monoisotopic (exact) mass is 313 g/mol. The van der Waals surface area contributed by atoms with Gasteiger partial charge in [0.15, 0.2) is 4.96 Å². The number of hydrogen-bond donors (Lipinski definition) is 1. The minimum atomic E-state index is -0.0179. The summed E-state index contributed by atoms with van der Waals surface area (Å²) in [6.45, 7) is 6.82. The highest BCUT2D eigenvalue weighted by Crippen LogP contribution is 2.18. The Bertz CT molecular complexity index is 846. The predicted molar refractivity (Wildman–Crippen MR) is 91.9 cm³/mol. The van der Waals surface area contributed by atoms with Crippen molar-refractivity contribution in [1.82, 2.24) is 9.38 Å². The molecule has 2 aromatic heterocycles. The van der Waals surface area contributed by atoms with Crippen LogP contribution in [-0.2, 0) is 6.54 Å². The second kappa shape index (κ2) is 5.93. The van der Waals surface area contributed by atoms with Gasteiger partial charge in [-0.25, -0.2) is 4.98 Å². The number of hydrogen-bond acceptors (Lipinski definition) is 4. The van der Waals surface area contributed by atoms with Crippen LogP contribution in [-0.4, -0.2) is 9.38 Å². The van der Waals surface area contributed by atoms with Crippen LogP contribution in [0.1, 0.15) is 36.7 Å². The van der Waals surface area contributed by atoms with E-state index in [9.17, 15) is 4.79 Å². The van der Waals surface area contributed by atoms with Crippen molar-refractivity contribution in [2.75, 3.05) is 5.32 Å². The first-order valence-electron chi connectivity index (χ1n) is 7.35. The lowest BCUT2D eigenvalue weighted by Crippen LogP contribution is -2.16. The third-order valence-electron chi connectivity index (χ3n) is 3.68. The fraction of sp³-hybridized carbons (Fsp3) is 0.294. The van der Waals surface area contributed by atoms with Gasteiger partial charge >= 0.3 is 0 Å². The minimum Gasteiger partial charge on any atom is -0.379 e. The summed E-state index contributed by atoms with van der Waals surface area (Å²) >= 11 is 1.49. The molecule has 0 atom stereocenters. The molecular weight excluding hydrogens is 294 g/mol. The molecule has 0 spiro atoms. The zero-order chi connectivity index (χ0) is 15.7. The number of anilines is 1. The summed E-state index contributed by atoms with van der Waals surface area (Å²) in [6.07, 6.45) is 0. The molecule has 0 fully saturated rings. The molecule has 0 aliphatic rings. The molecule has 5 heteroatoms. The van der Waals surface area contributed by atoms with Gasteiger partial charge in [-0.2, -0.15) is 0 Å². The van der Waals surface area contributed by atoms with Crippen LogP contribution in [0.25, 0.3) is 4.96 Å². The summed E-state index contributed by atoms with van der Waals surface area (Å²) < 4.78 is 1.64. The number of aryl methyl sites for hydroxylation is 1. The van der Waals surface area contributed by atoms with Gasteiger partial charge in [0.05, 0.1) is 12.2 Å². The summed E-state index contributed by atoms with van der Waals surface area (Å²) in [5, 5.41) is 5.27. The van der Waals surface area contributed by atoms with Crippen molar-refractivity contribution in [2.24, 2.45) is 0 Å². The molecule has 0 bridgehead atoms. The van der Waals surface area contributed by atoms with Crippen molar-refractivity contribution < 1.29 is 0 Å². The van der Waals surface area contributed by atoms with E-state index in [0.717, 1.165) is 22.0 Å². The quantitative estimate of drug-likeness (QED) is 0.797. The molecule has 0 radical (unpaired) electrons. The Morgan fingerprint density at radius 2 is 2.00 bits per heavy atom. The number of benzene rings is 1. The highest BCUT2D eigenvalue weighted by molar-refractivity contribution is 7.15. The smallest absolute Gasteiger partial charge is 0.259 e. The fourth-order valence-electron chi connectivity index (χ4n) is 2.37. The normalized spacial score (nSPS) is 11.3. The Morgan fingerprint density at radius 1 is 1.27 bits per heavy atom. The Morgan fingerprint density at radius 3 is 2.68 bits per heavy atom. The van der Waals surface area contributed by atoms with Gasteiger partial charge in [0.1, 0.15) is 0 Å². The lowest BCUT2D eigenvalue weighted by Gasteiger charge is -2.09. The summed E-state index contributed by atoms with van der Waals surface area (Å²) in [6, 6.07) is 9.98. The molecule has 1 aromatic carbocycles. The van der Waals surface area contributed by atoms with Crippen LogP contribution in [0.4, 0.5) is 5.69 Å². The van der Waals surface area contributed by atoms with E-state index in [1.165, 1.54) is 16.9 Å². The van der Waals surface area contributed by atoms with Crippen LogP contribution >= 0.6 is 11.3 Å². The molecule has 0 unspecified atom stereocenters. The molecule has 0 saturated heterocycles. The van der Waals surface area contributed by atoms with Gasteiger partial charge < -0.3 is 5.32 Å². The number of aromatic nitrogens is 2. The molecule has 22 heavy (non-hydrogen) atoms. The summed E-state index contributed by atoms with van der Waals surface area (Å²) in [5.74, 6) is 0.528. The molecule has 0 aliphatic carbocycles. The Balaban J connectivity index is 1.77. The van der Waals surface area contributed by atoms with Crippen molar-refractivity contribution >= 4 is 22.0 Å². The highest BCUT2D eigenvalue weighted by atomic mass is 32.1. The SMILES string of the molecule is Cc1csc2nc(CNc3ccc(C(C)C)cc3)cc(=O)n12. The second-order valence-electron chi connectivity index (χ2n) is 5.71. The first-order chi connectivity index (χ1) is 10.5. The van der Waals surface area contributed by atoms with E-state index in [0.29, 0.717) is 12.5 Å². The number of rotatable bonds is 4. The van der Waals surface area contributed by atoms with E-state index in [1.54, 1.807) is 10.5 Å². The summed E-state index contributed by atoms with van der Waals surface area (Å²) in [4.78, 5) is 17.4. The first kappa shape index (κ1) is 14.8. The Labute approximate surface area is 133 Å². The van der Waals surface area contributed by atoms with E-state index in [4.69, 9.17) is 0 Å². The van der Waals surface area contributed by atoms with Crippen LogP contribution in [0.5, 0.6) is 0 Å². The van der Waals surface area contributed by atoms with Gasteiger partial charge in [0.25, 0.3) is 5.56 Å². The highest BCUT2D eigenvalue weighted by Gasteiger charge is 2.06. The molecule has 4 nitrogen and oxygen atoms in total. The summed E-state index contributed by atoms with van der Waals surface area (Å²) in [7, 11) is 0. The maximum absolute atomic E-state index is 12.1. The van der Waals surface area contributed by atoms with Crippen LogP contribution in [0.3, 0.4) is 0 Å². The zero-order valence-corrected chi connectivity index (χ0v) is 13.8. The first-order valence-corrected chi connectivity index (χ1v) is 8.23. The standard InChI is InChI=1S/C17H19N3OS/c1-11(2)13-4-6-14(7-5-13)18-9-15-8-16(21)20-12(3)10-22-17(20)19-15/h4-8,10-11,18H,9H2,1-3H3. The molecular formula is C17H19N3OS. The van der Waals surface area contributed by atoms with E-state index < -0.39 is 0 Å². The van der Waals surface area contributed by atoms with E-state index in [1.807, 2.05) is 12.3 Å². The molecule has 0 aliphatic heterocycles. The van der Waals surface area contributed by atoms with Gasteiger partial charge in [-0.05, 0) is 30.5 Å². The lowest BCUT2D eigenvalue weighted by atomic mass is 10.0. The average molecular weight is 313 g/mol. The van der Waals surface area contributed by atoms with Crippen molar-refractivity contribution in [3.05, 3.63) is 63.0 Å². The number of nitrogens with one attached hydrogen (secondary N) is 1. The van der Waals surface area contributed by atoms with Crippen LogP contribution < -0.4 is 10.9 Å². The Kier molecular flexibility index (Phi) is 3.98. The van der Waals surface area contributed by atoms with Gasteiger partial charge in [0.2, 0.25) is 0 Å². The number of nitrogens with zero attached hydrogens (tertiary/aromatic N) is 2. The number of thiazole rings is 1. The van der Waals surface area contributed by atoms with Crippen LogP contribution in [0.2, 0.25) is 0 Å². The van der Waals surface area contributed by atoms with Crippen molar-refractivity contribution in [1.29, 1.82) is 0 Å². The predicted octanol–water partition coefficient (Wildman–Crippen LogP) is 3.80. The lowest BCUT2D eigenvalue weighted by molar-refractivity contribution is 0.866. The van der Waals surface area contributed by atoms with Gasteiger partial charge in [0, 0.05) is 22.8 Å². The van der Waals surface area contributed by atoms with Crippen molar-refractivity contribution in [2.45, 2.75) is 33.2 Å². The molecule has 0 saturated carbocycles. The van der Waals surface area contributed by atoms with Crippen molar-refractivity contribution in [3.8, 4) is 0 Å². The fourth-order valence-corrected chi connectivity index (χ4v) is 3.26. The van der Waals surface area contributed by atoms with E-state index >= 15 is 0 Å². The van der Waals surface area contributed by atoms with Crippen molar-refractivity contribution in [3.63, 3.8) is 0 Å². The van der Waals surface area contributed by atoms with Gasteiger partial charge in [-0.3, -0.25) is 9.20 Å². The molecule has 0 amide bonds. The molecule has 3 aromatic rings. The second-order valence-corrected chi connectivity index (χ2v) is 6.55. The topological polar surface area (TPSA) is 46.4 Å². The molecule has 2 heterocycles. The molecule has 114 valence electrons. The maximum Gasteiger partial charge on any atom is 0.259 e. The third kappa shape index (κ3) is 2.90. The zero-order valence-electron chi connectivity index (χ0n) is 13.0. The Hall–Kier alpha value is -2.14. The van der Waals surface area contributed by atoms with E-state index in [-0.39, 0.29) is 5.56 Å². The van der Waals surface area contributed by atoms with Crippen LogP contribution in [0, 0.1) is 6.92 Å². The largest absolute Gasteiger partial charge is 0.379 e. The van der Waals surface area contributed by atoms with Gasteiger partial charge in [-0.1, -0.05) is 26.0 Å². The van der Waals surface area contributed by atoms with Gasteiger partial charge in [-0.15, -0.1) is 11.3 Å². The van der Waals surface area contributed by atoms with E-state index in [2.05, 4.69) is 48.4 Å².